The van der Waals surface area contributed by atoms with Gasteiger partial charge in [-0.2, -0.15) is 0 Å². The number of likely N-dealkylation sites (tertiary alicyclic amines) is 1. The first kappa shape index (κ1) is 20.9. The highest BCUT2D eigenvalue weighted by Crippen LogP contribution is 2.24. The zero-order valence-corrected chi connectivity index (χ0v) is 16.8. The fraction of sp³-hybridized carbons (Fsp3) is 0.391. The molecular weight excluding hydrogens is 368 g/mol. The summed E-state index contributed by atoms with van der Waals surface area (Å²) in [5.74, 6) is 1.38. The van der Waals surface area contributed by atoms with Crippen molar-refractivity contribution < 1.29 is 19.1 Å². The number of carbonyl (C=O) groups excluding carboxylic acids is 2. The van der Waals surface area contributed by atoms with Gasteiger partial charge in [-0.3, -0.25) is 9.59 Å². The van der Waals surface area contributed by atoms with Crippen molar-refractivity contribution >= 4 is 11.8 Å². The summed E-state index contributed by atoms with van der Waals surface area (Å²) in [6, 6.07) is 16.7. The van der Waals surface area contributed by atoms with Crippen LogP contribution in [0.1, 0.15) is 29.6 Å². The van der Waals surface area contributed by atoms with Crippen molar-refractivity contribution in [2.45, 2.75) is 19.3 Å². The second kappa shape index (κ2) is 10.6. The molecule has 0 spiro atoms. The van der Waals surface area contributed by atoms with Gasteiger partial charge in [0.1, 0.15) is 11.5 Å². The number of methoxy groups -OCH3 is 1. The van der Waals surface area contributed by atoms with Gasteiger partial charge >= 0.3 is 0 Å². The molecule has 1 N–H and O–H groups in total. The van der Waals surface area contributed by atoms with Gasteiger partial charge in [-0.05, 0) is 49.6 Å². The highest BCUT2D eigenvalue weighted by atomic mass is 16.5. The minimum absolute atomic E-state index is 0.0255. The van der Waals surface area contributed by atoms with Crippen molar-refractivity contribution in [1.82, 2.24) is 10.2 Å². The van der Waals surface area contributed by atoms with Gasteiger partial charge in [-0.1, -0.05) is 24.3 Å². The van der Waals surface area contributed by atoms with Crippen LogP contribution in [0.2, 0.25) is 0 Å². The molecular formula is C23H28N2O4. The van der Waals surface area contributed by atoms with Crippen LogP contribution in [0.15, 0.2) is 54.6 Å². The van der Waals surface area contributed by atoms with Gasteiger partial charge in [0.25, 0.3) is 5.91 Å². The van der Waals surface area contributed by atoms with E-state index in [0.717, 1.165) is 12.2 Å². The zero-order valence-electron chi connectivity index (χ0n) is 16.8. The molecule has 0 bridgehead atoms. The molecule has 29 heavy (non-hydrogen) atoms. The van der Waals surface area contributed by atoms with Crippen LogP contribution >= 0.6 is 0 Å². The molecule has 0 radical (unpaired) electrons. The minimum atomic E-state index is -0.0330. The van der Waals surface area contributed by atoms with Crippen LogP contribution in [-0.4, -0.2) is 50.1 Å². The van der Waals surface area contributed by atoms with E-state index in [1.807, 2.05) is 47.4 Å². The topological polar surface area (TPSA) is 67.9 Å². The predicted molar refractivity (Wildman–Crippen MR) is 111 cm³/mol. The number of para-hydroxylation sites is 1. The standard InChI is InChI=1S/C23H28N2O4/c1-28-16-6-13-24-22(26)18-11-14-25(15-12-18)23(27)19-7-5-10-21(17-19)29-20-8-3-2-4-9-20/h2-5,7-10,17-18H,6,11-16H2,1H3,(H,24,26). The van der Waals surface area contributed by atoms with Gasteiger partial charge in [-0.25, -0.2) is 0 Å². The van der Waals surface area contributed by atoms with E-state index >= 15 is 0 Å². The van der Waals surface area contributed by atoms with Gasteiger partial charge in [0.2, 0.25) is 5.91 Å². The van der Waals surface area contributed by atoms with Gasteiger partial charge in [0.15, 0.2) is 0 Å². The molecule has 0 atom stereocenters. The molecule has 0 unspecified atom stereocenters. The van der Waals surface area contributed by atoms with Crippen LogP contribution in [0.3, 0.4) is 0 Å². The molecule has 1 fully saturated rings. The first-order chi connectivity index (χ1) is 14.2. The average Bonchev–Trinajstić information content (AvgIpc) is 2.77. The Labute approximate surface area is 171 Å². The maximum atomic E-state index is 12.9. The van der Waals surface area contributed by atoms with Crippen LogP contribution in [0.25, 0.3) is 0 Å². The smallest absolute Gasteiger partial charge is 0.253 e. The monoisotopic (exact) mass is 396 g/mol. The lowest BCUT2D eigenvalue weighted by Gasteiger charge is -2.31. The fourth-order valence-electron chi connectivity index (χ4n) is 3.42. The molecule has 6 nitrogen and oxygen atoms in total. The molecule has 1 heterocycles. The highest BCUT2D eigenvalue weighted by molar-refractivity contribution is 5.94. The second-order valence-corrected chi connectivity index (χ2v) is 7.15. The zero-order chi connectivity index (χ0) is 20.5. The first-order valence-electron chi connectivity index (χ1n) is 10.1. The van der Waals surface area contributed by atoms with Gasteiger partial charge < -0.3 is 19.7 Å². The summed E-state index contributed by atoms with van der Waals surface area (Å²) >= 11 is 0. The van der Waals surface area contributed by atoms with Crippen LogP contribution in [0.4, 0.5) is 0 Å². The Bertz CT molecular complexity index is 802. The van der Waals surface area contributed by atoms with Gasteiger partial charge in [0.05, 0.1) is 0 Å². The maximum absolute atomic E-state index is 12.9. The molecule has 6 heteroatoms. The number of hydrogen-bond donors (Lipinski definition) is 1. The van der Waals surface area contributed by atoms with E-state index < -0.39 is 0 Å². The molecule has 2 aromatic rings. The second-order valence-electron chi connectivity index (χ2n) is 7.15. The summed E-state index contributed by atoms with van der Waals surface area (Å²) in [5, 5.41) is 2.95. The number of nitrogens with zero attached hydrogens (tertiary/aromatic N) is 1. The third-order valence-electron chi connectivity index (χ3n) is 5.04. The molecule has 3 rings (SSSR count). The molecule has 1 aliphatic heterocycles. The van der Waals surface area contributed by atoms with E-state index in [4.69, 9.17) is 9.47 Å². The van der Waals surface area contributed by atoms with Crippen LogP contribution < -0.4 is 10.1 Å². The first-order valence-corrected chi connectivity index (χ1v) is 10.1. The molecule has 1 saturated heterocycles. The Morgan fingerprint density at radius 2 is 1.76 bits per heavy atom. The van der Waals surface area contributed by atoms with Crippen LogP contribution in [0, 0.1) is 5.92 Å². The molecule has 154 valence electrons. The van der Waals surface area contributed by atoms with E-state index in [9.17, 15) is 9.59 Å². The normalized spacial score (nSPS) is 14.4. The van der Waals surface area contributed by atoms with E-state index in [1.54, 1.807) is 19.2 Å². The lowest BCUT2D eigenvalue weighted by Crippen LogP contribution is -2.43. The Morgan fingerprint density at radius 1 is 1.03 bits per heavy atom. The van der Waals surface area contributed by atoms with Crippen molar-refractivity contribution in [3.05, 3.63) is 60.2 Å². The summed E-state index contributed by atoms with van der Waals surface area (Å²) in [6.45, 7) is 2.43. The van der Waals surface area contributed by atoms with Gasteiger partial charge in [0, 0.05) is 44.8 Å². The third-order valence-corrected chi connectivity index (χ3v) is 5.04. The van der Waals surface area contributed by atoms with E-state index in [1.165, 1.54) is 0 Å². The van der Waals surface area contributed by atoms with Crippen molar-refractivity contribution in [2.75, 3.05) is 33.4 Å². The third kappa shape index (κ3) is 6.06. The summed E-state index contributed by atoms with van der Waals surface area (Å²) in [4.78, 5) is 27.0. The van der Waals surface area contributed by atoms with Crippen LogP contribution in [-0.2, 0) is 9.53 Å². The lowest BCUT2D eigenvalue weighted by atomic mass is 9.95. The summed E-state index contributed by atoms with van der Waals surface area (Å²) in [5.41, 5.74) is 0.598. The molecule has 0 saturated carbocycles. The number of carbonyl (C=O) groups is 2. The highest BCUT2D eigenvalue weighted by Gasteiger charge is 2.27. The Kier molecular flexibility index (Phi) is 7.64. The summed E-state index contributed by atoms with van der Waals surface area (Å²) in [7, 11) is 1.65. The Morgan fingerprint density at radius 3 is 2.48 bits per heavy atom. The number of nitrogens with one attached hydrogen (secondary N) is 1. The summed E-state index contributed by atoms with van der Waals surface area (Å²) < 4.78 is 10.8. The number of rotatable bonds is 8. The summed E-state index contributed by atoms with van der Waals surface area (Å²) in [6.07, 6.45) is 2.17. The fourth-order valence-corrected chi connectivity index (χ4v) is 3.42. The lowest BCUT2D eigenvalue weighted by molar-refractivity contribution is -0.126. The van der Waals surface area contributed by atoms with Crippen molar-refractivity contribution in [2.24, 2.45) is 5.92 Å². The van der Waals surface area contributed by atoms with E-state index in [0.29, 0.717) is 50.4 Å². The molecule has 1 aliphatic rings. The van der Waals surface area contributed by atoms with E-state index in [2.05, 4.69) is 5.32 Å². The minimum Gasteiger partial charge on any atom is -0.457 e. The maximum Gasteiger partial charge on any atom is 0.253 e. The quantitative estimate of drug-likeness (QED) is 0.694. The number of amides is 2. The molecule has 0 aromatic heterocycles. The predicted octanol–water partition coefficient (Wildman–Crippen LogP) is 3.48. The van der Waals surface area contributed by atoms with Crippen molar-refractivity contribution in [3.63, 3.8) is 0 Å². The molecule has 2 aromatic carbocycles. The number of benzene rings is 2. The van der Waals surface area contributed by atoms with Crippen molar-refractivity contribution in [3.8, 4) is 11.5 Å². The van der Waals surface area contributed by atoms with Gasteiger partial charge in [-0.15, -0.1) is 0 Å². The van der Waals surface area contributed by atoms with E-state index in [-0.39, 0.29) is 17.7 Å². The number of ether oxygens (including phenoxy) is 2. The Balaban J connectivity index is 1.51. The SMILES string of the molecule is COCCCNC(=O)C1CCN(C(=O)c2cccc(Oc3ccccc3)c2)CC1. The largest absolute Gasteiger partial charge is 0.457 e. The Hall–Kier alpha value is -2.86. The average molecular weight is 396 g/mol. The number of hydrogen-bond acceptors (Lipinski definition) is 4. The van der Waals surface area contributed by atoms with Crippen LogP contribution in [0.5, 0.6) is 11.5 Å². The number of piperidine rings is 1. The molecule has 0 aliphatic carbocycles. The molecule has 2 amide bonds. The van der Waals surface area contributed by atoms with Crippen molar-refractivity contribution in [1.29, 1.82) is 0 Å².